The third-order valence-corrected chi connectivity index (χ3v) is 15.9. The van der Waals surface area contributed by atoms with E-state index < -0.39 is 142 Å². The van der Waals surface area contributed by atoms with Crippen molar-refractivity contribution in [2.75, 3.05) is 4.90 Å². The minimum Gasteiger partial charge on any atom is -0.305 e. The summed E-state index contributed by atoms with van der Waals surface area (Å²) < 4.78 is 268. The number of para-hydroxylation sites is 2. The molecule has 0 unspecified atom stereocenters. The van der Waals surface area contributed by atoms with Crippen LogP contribution in [-0.4, -0.2) is 18.7 Å². The number of anilines is 3. The van der Waals surface area contributed by atoms with Crippen molar-refractivity contribution in [3.05, 3.63) is 197 Å². The van der Waals surface area contributed by atoms with Crippen LogP contribution in [0.1, 0.15) is 38.9 Å². The van der Waals surface area contributed by atoms with Gasteiger partial charge in [0.25, 0.3) is 0 Å². The molecule has 13 rings (SSSR count). The van der Waals surface area contributed by atoms with Gasteiger partial charge >= 0.3 is 37.1 Å². The molecule has 0 bridgehead atoms. The van der Waals surface area contributed by atoms with Crippen LogP contribution in [0.4, 0.5) is 96.2 Å². The second kappa shape index (κ2) is 18.3. The van der Waals surface area contributed by atoms with Gasteiger partial charge < -0.3 is 9.13 Å². The van der Waals surface area contributed by atoms with Crippen molar-refractivity contribution >= 4 is 94.4 Å². The lowest BCUT2D eigenvalue weighted by atomic mass is 10.1. The predicted molar refractivity (Wildman–Crippen MR) is 281 cm³/mol. The second-order valence-electron chi connectivity index (χ2n) is 19.7. The zero-order valence-electron chi connectivity index (χ0n) is 41.9. The quantitative estimate of drug-likeness (QED) is 0.165. The Morgan fingerprint density at radius 3 is 0.859 bits per heavy atom. The van der Waals surface area contributed by atoms with Gasteiger partial charge in [0.15, 0.2) is 11.6 Å². The molecule has 0 spiro atoms. The number of hydrogen-bond acceptors (Lipinski definition) is 4. The number of halogens is 18. The van der Waals surface area contributed by atoms with Crippen LogP contribution in [0.3, 0.4) is 0 Å². The van der Waals surface area contributed by atoms with E-state index in [1.807, 2.05) is 0 Å². The van der Waals surface area contributed by atoms with Crippen molar-refractivity contribution in [2.24, 2.45) is 0 Å². The average Bonchev–Trinajstić information content (AvgIpc) is 1.73. The highest BCUT2D eigenvalue weighted by Crippen LogP contribution is 2.55. The Hall–Kier alpha value is -9.31. The Morgan fingerprint density at radius 1 is 0.329 bits per heavy atom. The lowest BCUT2D eigenvalue weighted by Gasteiger charge is -2.34. The molecule has 85 heavy (non-hydrogen) atoms. The minimum absolute atomic E-state index is 0.241. The van der Waals surface area contributed by atoms with E-state index in [-0.39, 0.29) is 33.4 Å². The first-order valence-electron chi connectivity index (χ1n) is 24.7. The Labute approximate surface area is 467 Å². The van der Waals surface area contributed by atoms with Crippen LogP contribution >= 0.6 is 11.8 Å². The molecular weight excluding hydrogens is 1180 g/mol. The highest BCUT2D eigenvalue weighted by atomic mass is 32.2. The zero-order chi connectivity index (χ0) is 60.4. The lowest BCUT2D eigenvalue weighted by Crippen LogP contribution is -2.22. The molecule has 4 aromatic heterocycles. The first kappa shape index (κ1) is 54.9. The second-order valence-corrected chi connectivity index (χ2v) is 20.8. The maximum atomic E-state index is 14.7. The smallest absolute Gasteiger partial charge is 0.305 e. The summed E-state index contributed by atoms with van der Waals surface area (Å²) in [5.41, 5.74) is -11.7. The number of alkyl halides is 18. The maximum absolute atomic E-state index is 14.7. The van der Waals surface area contributed by atoms with E-state index in [0.717, 1.165) is 50.1 Å². The predicted octanol–water partition coefficient (Wildman–Crippen LogP) is 20.3. The Bertz CT molecular complexity index is 4610. The SMILES string of the molecule is N#Cc1c(-n2c3ccc(C(F)(F)F)cc3c3cc(C(F)(F)F)ccc32)c(N2c3ccccc3Sc3ccccc32)nc(-n2c3ccc(C(F)(F)F)cc3c3cc(C(F)(F)F)ccc32)c1-n1c2ccc(C(F)(F)F)cc2c2cc(C(F)(F)F)ccc21. The molecule has 0 radical (unpaired) electrons. The first-order chi connectivity index (χ1) is 39.9. The number of rotatable bonds is 4. The van der Waals surface area contributed by atoms with E-state index in [1.165, 1.54) is 16.7 Å². The molecule has 0 amide bonds. The number of pyridine rings is 1. The van der Waals surface area contributed by atoms with Gasteiger partial charge in [0.1, 0.15) is 23.0 Å². The number of benzene rings is 8. The molecule has 8 aromatic carbocycles. The Morgan fingerprint density at radius 2 is 0.588 bits per heavy atom. The lowest BCUT2D eigenvalue weighted by molar-refractivity contribution is -0.138. The number of nitriles is 1. The molecule has 0 N–H and O–H groups in total. The van der Waals surface area contributed by atoms with Gasteiger partial charge in [-0.3, -0.25) is 9.47 Å². The van der Waals surface area contributed by atoms with Crippen LogP contribution in [0.5, 0.6) is 0 Å². The van der Waals surface area contributed by atoms with Gasteiger partial charge in [-0.05, 0) is 133 Å². The van der Waals surface area contributed by atoms with E-state index in [0.29, 0.717) is 82.6 Å². The van der Waals surface area contributed by atoms with Crippen molar-refractivity contribution in [2.45, 2.75) is 46.8 Å². The summed E-state index contributed by atoms with van der Waals surface area (Å²) in [6.45, 7) is 0. The maximum Gasteiger partial charge on any atom is 0.416 e. The number of fused-ring (bicyclic) bond motifs is 11. The van der Waals surface area contributed by atoms with Crippen molar-refractivity contribution in [3.8, 4) is 23.3 Å². The molecule has 0 atom stereocenters. The third kappa shape index (κ3) is 8.72. The van der Waals surface area contributed by atoms with Gasteiger partial charge in [0.05, 0.1) is 77.9 Å². The summed E-state index contributed by atoms with van der Waals surface area (Å²) in [5, 5.41) is 9.15. The molecule has 6 nitrogen and oxygen atoms in total. The van der Waals surface area contributed by atoms with E-state index in [1.54, 1.807) is 48.5 Å². The summed E-state index contributed by atoms with van der Waals surface area (Å²) in [5.74, 6) is -1.08. The van der Waals surface area contributed by atoms with Gasteiger partial charge in [0, 0.05) is 42.1 Å². The van der Waals surface area contributed by atoms with Crippen LogP contribution in [0.25, 0.3) is 82.6 Å². The number of aromatic nitrogens is 4. The van der Waals surface area contributed by atoms with Crippen molar-refractivity contribution in [3.63, 3.8) is 0 Å². The third-order valence-electron chi connectivity index (χ3n) is 14.8. The van der Waals surface area contributed by atoms with Crippen LogP contribution < -0.4 is 4.90 Å². The minimum atomic E-state index is -5.15. The normalized spacial score (nSPS) is 13.7. The Balaban J connectivity index is 1.32. The largest absolute Gasteiger partial charge is 0.416 e. The molecule has 428 valence electrons. The van der Waals surface area contributed by atoms with Gasteiger partial charge in [-0.1, -0.05) is 36.0 Å². The van der Waals surface area contributed by atoms with Gasteiger partial charge in [-0.2, -0.15) is 84.3 Å². The molecule has 1 aliphatic heterocycles. The van der Waals surface area contributed by atoms with Crippen LogP contribution in [-0.2, 0) is 37.1 Å². The van der Waals surface area contributed by atoms with Crippen LogP contribution in [0.2, 0.25) is 0 Å². The fraction of sp³-hybridized carbons (Fsp3) is 0.100. The molecule has 12 aromatic rings. The van der Waals surface area contributed by atoms with Gasteiger partial charge in [-0.15, -0.1) is 0 Å². The molecule has 25 heteroatoms. The summed E-state index contributed by atoms with van der Waals surface area (Å²) in [7, 11) is 0. The summed E-state index contributed by atoms with van der Waals surface area (Å²) in [6.07, 6.45) is -30.8. The Kier molecular flexibility index (Phi) is 11.9. The molecule has 5 heterocycles. The molecule has 0 aliphatic carbocycles. The molecule has 0 saturated heterocycles. The van der Waals surface area contributed by atoms with Crippen LogP contribution in [0, 0.1) is 11.3 Å². The molecular formula is C60H26F18N6S. The number of nitrogens with zero attached hydrogens (tertiary/aromatic N) is 6. The number of hydrogen-bond donors (Lipinski definition) is 0. The average molecular weight is 1200 g/mol. The summed E-state index contributed by atoms with van der Waals surface area (Å²) in [6, 6.07) is 26.9. The summed E-state index contributed by atoms with van der Waals surface area (Å²) in [4.78, 5) is 7.65. The van der Waals surface area contributed by atoms with Crippen molar-refractivity contribution in [1.29, 1.82) is 5.26 Å². The van der Waals surface area contributed by atoms with E-state index in [4.69, 9.17) is 4.98 Å². The van der Waals surface area contributed by atoms with Gasteiger partial charge in [0.2, 0.25) is 0 Å². The fourth-order valence-electron chi connectivity index (χ4n) is 11.2. The van der Waals surface area contributed by atoms with E-state index in [2.05, 4.69) is 6.07 Å². The van der Waals surface area contributed by atoms with E-state index in [9.17, 15) is 84.3 Å². The molecule has 0 fully saturated rings. The van der Waals surface area contributed by atoms with Crippen LogP contribution in [0.15, 0.2) is 168 Å². The molecule has 0 saturated carbocycles. The first-order valence-corrected chi connectivity index (χ1v) is 25.6. The highest BCUT2D eigenvalue weighted by Gasteiger charge is 2.41. The molecule has 1 aliphatic rings. The monoisotopic (exact) mass is 1200 g/mol. The van der Waals surface area contributed by atoms with Gasteiger partial charge in [-0.25, -0.2) is 4.98 Å². The zero-order valence-corrected chi connectivity index (χ0v) is 42.7. The summed E-state index contributed by atoms with van der Waals surface area (Å²) >= 11 is 1.22. The van der Waals surface area contributed by atoms with Crippen molar-refractivity contribution in [1.82, 2.24) is 18.7 Å². The standard InChI is InChI=1S/C60H26F18N6S/c61-55(62,63)28-9-15-41-34(21-28)35-22-29(56(64,65)66)10-16-42(35)81(41)51-40(27-79)52(82-43-17-11-30(57(67,68)69)23-36(43)37-24-31(58(70,71)72)12-18-44(37)82)54(84-47-5-1-3-7-49(47)85-50-8-4-2-6-48(50)84)80-53(51)83-45-19-13-32(59(73,74)75)25-38(45)39-26-33(60(76,77)78)14-20-46(39)83/h1-26H. The highest BCUT2D eigenvalue weighted by molar-refractivity contribution is 7.99. The topological polar surface area (TPSA) is 54.7 Å². The fourth-order valence-corrected chi connectivity index (χ4v) is 12.2. The van der Waals surface area contributed by atoms with Crippen molar-refractivity contribution < 1.29 is 79.0 Å². The van der Waals surface area contributed by atoms with E-state index >= 15 is 0 Å².